The summed E-state index contributed by atoms with van der Waals surface area (Å²) in [7, 11) is 0. The van der Waals surface area contributed by atoms with Gasteiger partial charge in [0.05, 0.1) is 32.0 Å². The number of rotatable bonds is 45. The lowest BCUT2D eigenvalue weighted by atomic mass is 9.97. The lowest BCUT2D eigenvalue weighted by molar-refractivity contribution is -0.359. The molecule has 0 aromatic carbocycles. The summed E-state index contributed by atoms with van der Waals surface area (Å²) < 4.78 is 22.7. The van der Waals surface area contributed by atoms with Gasteiger partial charge in [0, 0.05) is 6.42 Å². The van der Waals surface area contributed by atoms with Crippen LogP contribution in [0.5, 0.6) is 0 Å². The number of aliphatic hydroxyl groups is 8. The van der Waals surface area contributed by atoms with Crippen molar-refractivity contribution in [3.05, 3.63) is 122 Å². The lowest BCUT2D eigenvalue weighted by Crippen LogP contribution is -2.65. The summed E-state index contributed by atoms with van der Waals surface area (Å²) in [6.07, 6.45) is 52.3. The van der Waals surface area contributed by atoms with E-state index in [1.165, 1.54) is 32.1 Å². The smallest absolute Gasteiger partial charge is 0.220 e. The topological polar surface area (TPSA) is 228 Å². The van der Waals surface area contributed by atoms with Crippen molar-refractivity contribution in [3.63, 3.8) is 0 Å². The highest BCUT2D eigenvalue weighted by atomic mass is 16.7. The molecular weight excluding hydrogens is 991 g/mol. The fourth-order valence-corrected chi connectivity index (χ4v) is 8.83. The molecule has 0 aromatic rings. The number of carbonyl (C=O) groups excluding carboxylic acids is 1. The van der Waals surface area contributed by atoms with Crippen molar-refractivity contribution in [1.82, 2.24) is 5.32 Å². The van der Waals surface area contributed by atoms with Gasteiger partial charge in [0.25, 0.3) is 0 Å². The number of hydrogen-bond acceptors (Lipinski definition) is 13. The highest BCUT2D eigenvalue weighted by molar-refractivity contribution is 5.76. The standard InChI is InChI=1S/C64H105NO13/c1-3-5-7-9-11-13-15-17-19-20-21-22-23-24-25-26-27-28-29-30-31-32-34-36-38-40-42-44-46-48-56(69)65-52(53(68)47-45-43-41-39-37-35-33-18-16-14-12-10-8-6-4-2)51-75-63-61(74)59(72)62(55(50-67)77-63)78-64-60(73)58(71)57(70)54(49-66)76-64/h5,7,11,13,16-19,21-22,24-25,27-28,30-31,37,39,45,47,52-55,57-64,66-68,70-74H,3-4,6,8-10,12,14-15,20,23,26,29,32-36,38,40-44,46,48-51H2,1-2H3,(H,65,69)/b7-5-,13-11-,18-16+,19-17-,22-21-,25-24-,28-27-,31-30-,39-37+,47-45+. The predicted molar refractivity (Wildman–Crippen MR) is 313 cm³/mol. The number of ether oxygens (including phenoxy) is 4. The third-order valence-electron chi connectivity index (χ3n) is 13.6. The summed E-state index contributed by atoms with van der Waals surface area (Å²) in [6, 6.07) is -0.953. The van der Waals surface area contributed by atoms with E-state index >= 15 is 0 Å². The molecule has 0 aromatic heterocycles. The summed E-state index contributed by atoms with van der Waals surface area (Å²) >= 11 is 0. The Morgan fingerprint density at radius 3 is 1.41 bits per heavy atom. The number of aliphatic hydroxyl groups excluding tert-OH is 8. The zero-order chi connectivity index (χ0) is 56.7. The molecule has 0 saturated carbocycles. The van der Waals surface area contributed by atoms with Crippen LogP contribution in [0.4, 0.5) is 0 Å². The molecule has 12 atom stereocenters. The fraction of sp³-hybridized carbons (Fsp3) is 0.672. The molecule has 78 heavy (non-hydrogen) atoms. The Morgan fingerprint density at radius 2 is 0.897 bits per heavy atom. The van der Waals surface area contributed by atoms with Gasteiger partial charge in [0.2, 0.25) is 5.91 Å². The van der Waals surface area contributed by atoms with E-state index < -0.39 is 86.8 Å². The van der Waals surface area contributed by atoms with Gasteiger partial charge in [-0.15, -0.1) is 0 Å². The van der Waals surface area contributed by atoms with Crippen molar-refractivity contribution in [1.29, 1.82) is 0 Å². The number of hydrogen-bond donors (Lipinski definition) is 9. The quantitative estimate of drug-likeness (QED) is 0.0205. The van der Waals surface area contributed by atoms with E-state index in [1.54, 1.807) is 6.08 Å². The van der Waals surface area contributed by atoms with E-state index in [0.29, 0.717) is 12.8 Å². The maximum Gasteiger partial charge on any atom is 0.220 e. The van der Waals surface area contributed by atoms with Gasteiger partial charge >= 0.3 is 0 Å². The van der Waals surface area contributed by atoms with Gasteiger partial charge in [-0.3, -0.25) is 4.79 Å². The fourth-order valence-electron chi connectivity index (χ4n) is 8.83. The Labute approximate surface area is 469 Å². The first-order valence-electron chi connectivity index (χ1n) is 29.8. The van der Waals surface area contributed by atoms with E-state index in [0.717, 1.165) is 116 Å². The number of allylic oxidation sites excluding steroid dienone is 19. The molecule has 2 aliphatic rings. The third kappa shape index (κ3) is 33.2. The number of unbranched alkanes of at least 4 members (excludes halogenated alkanes) is 14. The minimum Gasteiger partial charge on any atom is -0.394 e. The molecule has 0 bridgehead atoms. The number of carbonyl (C=O) groups is 1. The van der Waals surface area contributed by atoms with Crippen LogP contribution in [0.15, 0.2) is 122 Å². The second-order valence-electron chi connectivity index (χ2n) is 20.4. The third-order valence-corrected chi connectivity index (χ3v) is 13.6. The minimum absolute atomic E-state index is 0.248. The summed E-state index contributed by atoms with van der Waals surface area (Å²) in [5, 5.41) is 87.0. The summed E-state index contributed by atoms with van der Waals surface area (Å²) in [4.78, 5) is 13.2. The monoisotopic (exact) mass is 1100 g/mol. The van der Waals surface area contributed by atoms with Crippen LogP contribution >= 0.6 is 0 Å². The molecule has 2 fully saturated rings. The van der Waals surface area contributed by atoms with Crippen molar-refractivity contribution in [2.45, 2.75) is 254 Å². The molecule has 2 heterocycles. The number of amides is 1. The highest BCUT2D eigenvalue weighted by Crippen LogP contribution is 2.30. The Bertz CT molecular complexity index is 1770. The van der Waals surface area contributed by atoms with Gasteiger partial charge in [-0.1, -0.05) is 193 Å². The van der Waals surface area contributed by atoms with Gasteiger partial charge in [0.1, 0.15) is 48.8 Å². The lowest BCUT2D eigenvalue weighted by Gasteiger charge is -2.46. The van der Waals surface area contributed by atoms with Gasteiger partial charge in [0.15, 0.2) is 12.6 Å². The first-order chi connectivity index (χ1) is 38.1. The first-order valence-corrected chi connectivity index (χ1v) is 29.8. The van der Waals surface area contributed by atoms with Crippen molar-refractivity contribution < 1.29 is 64.6 Å². The van der Waals surface area contributed by atoms with Crippen molar-refractivity contribution in [3.8, 4) is 0 Å². The van der Waals surface area contributed by atoms with Crippen LogP contribution < -0.4 is 5.32 Å². The van der Waals surface area contributed by atoms with Crippen LogP contribution in [0, 0.1) is 0 Å². The zero-order valence-corrected chi connectivity index (χ0v) is 47.6. The van der Waals surface area contributed by atoms with Crippen LogP contribution in [-0.2, 0) is 23.7 Å². The second-order valence-corrected chi connectivity index (χ2v) is 20.4. The maximum atomic E-state index is 13.2. The SMILES string of the molecule is CC/C=C\C/C=C\C/C=C\C/C=C\C/C=C\C/C=C\C/C=C\CCCCCCCCCC(=O)NC(COC1OC(CO)C(OC2OC(CO)C(O)C(O)C2O)C(O)C1O)C(O)/C=C/CC/C=C/CC/C=C/CCCCCCC. The normalized spacial score (nSPS) is 25.5. The predicted octanol–water partition coefficient (Wildman–Crippen LogP) is 10.2. The molecule has 12 unspecified atom stereocenters. The Kier molecular flexibility index (Phi) is 43.5. The molecule has 2 rings (SSSR count). The molecule has 2 saturated heterocycles. The maximum absolute atomic E-state index is 13.2. The van der Waals surface area contributed by atoms with Crippen LogP contribution in [0.25, 0.3) is 0 Å². The molecule has 2 aliphatic heterocycles. The largest absolute Gasteiger partial charge is 0.394 e. The molecule has 14 nitrogen and oxygen atoms in total. The van der Waals surface area contributed by atoms with Crippen molar-refractivity contribution in [2.75, 3.05) is 19.8 Å². The average molecular weight is 1100 g/mol. The Morgan fingerprint density at radius 1 is 0.474 bits per heavy atom. The van der Waals surface area contributed by atoms with Gasteiger partial charge in [-0.25, -0.2) is 0 Å². The first kappa shape index (κ1) is 70.5. The van der Waals surface area contributed by atoms with Gasteiger partial charge in [-0.05, 0) is 103 Å². The summed E-state index contributed by atoms with van der Waals surface area (Å²) in [5.41, 5.74) is 0. The van der Waals surface area contributed by atoms with E-state index in [-0.39, 0.29) is 18.9 Å². The highest BCUT2D eigenvalue weighted by Gasteiger charge is 2.51. The Balaban J connectivity index is 1.76. The molecular formula is C64H105NO13. The van der Waals surface area contributed by atoms with Crippen LogP contribution in [-0.4, -0.2) is 140 Å². The molecule has 1 amide bonds. The van der Waals surface area contributed by atoms with E-state index in [1.807, 2.05) is 6.08 Å². The molecule has 0 aliphatic carbocycles. The Hall–Kier alpha value is -3.61. The minimum atomic E-state index is -1.80. The van der Waals surface area contributed by atoms with Crippen molar-refractivity contribution >= 4 is 5.91 Å². The second kappa shape index (κ2) is 48.1. The van der Waals surface area contributed by atoms with Crippen molar-refractivity contribution in [2.24, 2.45) is 0 Å². The van der Waals surface area contributed by atoms with E-state index in [4.69, 9.17) is 18.9 Å². The van der Waals surface area contributed by atoms with Crippen LogP contribution in [0.1, 0.15) is 181 Å². The molecule has 9 N–H and O–H groups in total. The van der Waals surface area contributed by atoms with Crippen LogP contribution in [0.3, 0.4) is 0 Å². The molecule has 0 radical (unpaired) electrons. The summed E-state index contributed by atoms with van der Waals surface area (Å²) in [6.45, 7) is 2.61. The van der Waals surface area contributed by atoms with E-state index in [2.05, 4.69) is 129 Å². The van der Waals surface area contributed by atoms with E-state index in [9.17, 15) is 45.6 Å². The number of nitrogens with one attached hydrogen (secondary N) is 1. The van der Waals surface area contributed by atoms with Crippen LogP contribution in [0.2, 0.25) is 0 Å². The zero-order valence-electron chi connectivity index (χ0n) is 47.6. The van der Waals surface area contributed by atoms with Gasteiger partial charge in [-0.2, -0.15) is 0 Å². The molecule has 444 valence electrons. The molecule has 14 heteroatoms. The summed E-state index contributed by atoms with van der Waals surface area (Å²) in [5.74, 6) is -0.272. The average Bonchev–Trinajstić information content (AvgIpc) is 3.47. The van der Waals surface area contributed by atoms with Gasteiger partial charge < -0.3 is 65.1 Å². The molecule has 0 spiro atoms.